The van der Waals surface area contributed by atoms with Crippen LogP contribution in [0, 0.1) is 0 Å². The van der Waals surface area contributed by atoms with Gasteiger partial charge in [-0.25, -0.2) is 0 Å². The van der Waals surface area contributed by atoms with E-state index in [1.807, 2.05) is 17.9 Å². The molecule has 0 aliphatic heterocycles. The van der Waals surface area contributed by atoms with Crippen LogP contribution < -0.4 is 0 Å². The maximum atomic E-state index is 5.05. The van der Waals surface area contributed by atoms with E-state index in [0.717, 1.165) is 19.4 Å². The molecule has 1 rings (SSSR count). The molecule has 0 amide bonds. The molecule has 0 radical (unpaired) electrons. The van der Waals surface area contributed by atoms with Crippen molar-refractivity contribution in [3.8, 4) is 0 Å². The van der Waals surface area contributed by atoms with Gasteiger partial charge < -0.3 is 4.74 Å². The monoisotopic (exact) mass is 260 g/mol. The molecule has 0 fully saturated rings. The first-order valence-corrected chi connectivity index (χ1v) is 5.74. The summed E-state index contributed by atoms with van der Waals surface area (Å²) < 4.78 is 6.89. The number of alkyl halides is 1. The molecule has 1 atom stereocenters. The summed E-state index contributed by atoms with van der Waals surface area (Å²) >= 11 is 3.57. The van der Waals surface area contributed by atoms with Crippen molar-refractivity contribution in [1.29, 1.82) is 0 Å². The van der Waals surface area contributed by atoms with Crippen LogP contribution in [0.25, 0.3) is 0 Å². The van der Waals surface area contributed by atoms with Crippen molar-refractivity contribution >= 4 is 15.9 Å². The summed E-state index contributed by atoms with van der Waals surface area (Å²) in [5, 5.41) is 4.13. The first kappa shape index (κ1) is 11.7. The third kappa shape index (κ3) is 4.24. The summed E-state index contributed by atoms with van der Waals surface area (Å²) in [5.74, 6) is 0. The number of nitrogens with zero attached hydrogens (tertiary/aromatic N) is 2. The summed E-state index contributed by atoms with van der Waals surface area (Å²) in [5.41, 5.74) is 1.31. The van der Waals surface area contributed by atoms with Gasteiger partial charge in [-0.1, -0.05) is 15.9 Å². The Balaban J connectivity index is 2.15. The van der Waals surface area contributed by atoms with Crippen LogP contribution in [-0.2, 0) is 18.2 Å². The molecule has 1 heterocycles. The van der Waals surface area contributed by atoms with Crippen molar-refractivity contribution in [3.05, 3.63) is 18.0 Å². The Hall–Kier alpha value is -0.350. The van der Waals surface area contributed by atoms with E-state index in [1.165, 1.54) is 12.0 Å². The largest absolute Gasteiger partial charge is 0.384 e. The number of aromatic nitrogens is 2. The van der Waals surface area contributed by atoms with E-state index in [-0.39, 0.29) is 0 Å². The van der Waals surface area contributed by atoms with Gasteiger partial charge in [0.2, 0.25) is 0 Å². The average molecular weight is 261 g/mol. The highest BCUT2D eigenvalue weighted by Gasteiger charge is 2.03. The fourth-order valence-electron chi connectivity index (χ4n) is 1.39. The summed E-state index contributed by atoms with van der Waals surface area (Å²) in [7, 11) is 3.68. The number of halogens is 1. The van der Waals surface area contributed by atoms with Crippen LogP contribution in [0.5, 0.6) is 0 Å². The van der Waals surface area contributed by atoms with Crippen molar-refractivity contribution in [2.45, 2.75) is 24.1 Å². The van der Waals surface area contributed by atoms with Gasteiger partial charge in [0, 0.05) is 25.2 Å². The molecule has 0 aliphatic carbocycles. The molecule has 14 heavy (non-hydrogen) atoms. The number of hydrogen-bond donors (Lipinski definition) is 0. The molecule has 0 saturated heterocycles. The number of methoxy groups -OCH3 is 1. The maximum Gasteiger partial charge on any atom is 0.0587 e. The van der Waals surface area contributed by atoms with Gasteiger partial charge in [0.05, 0.1) is 12.8 Å². The second-order valence-corrected chi connectivity index (χ2v) is 4.76. The van der Waals surface area contributed by atoms with E-state index >= 15 is 0 Å². The predicted octanol–water partition coefficient (Wildman–Crippen LogP) is 2.15. The third-order valence-electron chi connectivity index (χ3n) is 2.09. The zero-order valence-corrected chi connectivity index (χ0v) is 10.3. The molecule has 0 saturated carbocycles. The van der Waals surface area contributed by atoms with Crippen LogP contribution in [0.1, 0.15) is 18.4 Å². The molecule has 80 valence electrons. The summed E-state index contributed by atoms with van der Waals surface area (Å²) in [6.07, 6.45) is 7.41. The Morgan fingerprint density at radius 1 is 1.64 bits per heavy atom. The van der Waals surface area contributed by atoms with Crippen LogP contribution in [0.2, 0.25) is 0 Å². The quantitative estimate of drug-likeness (QED) is 0.734. The number of ether oxygens (including phenoxy) is 1. The van der Waals surface area contributed by atoms with Crippen molar-refractivity contribution in [3.63, 3.8) is 0 Å². The molecule has 0 aromatic carbocycles. The highest BCUT2D eigenvalue weighted by Crippen LogP contribution is 2.11. The van der Waals surface area contributed by atoms with Gasteiger partial charge >= 0.3 is 0 Å². The topological polar surface area (TPSA) is 27.1 Å². The van der Waals surface area contributed by atoms with Crippen LogP contribution in [-0.4, -0.2) is 28.3 Å². The van der Waals surface area contributed by atoms with Gasteiger partial charge in [-0.3, -0.25) is 4.68 Å². The highest BCUT2D eigenvalue weighted by atomic mass is 79.9. The minimum atomic E-state index is 0.476. The van der Waals surface area contributed by atoms with Crippen molar-refractivity contribution in [2.24, 2.45) is 7.05 Å². The molecule has 4 heteroatoms. The van der Waals surface area contributed by atoms with Gasteiger partial charge in [-0.15, -0.1) is 0 Å². The zero-order chi connectivity index (χ0) is 10.4. The summed E-state index contributed by atoms with van der Waals surface area (Å²) in [4.78, 5) is 0.476. The molecule has 1 aromatic rings. The van der Waals surface area contributed by atoms with Crippen molar-refractivity contribution in [2.75, 3.05) is 13.7 Å². The van der Waals surface area contributed by atoms with E-state index < -0.39 is 0 Å². The Bertz CT molecular complexity index is 262. The smallest absolute Gasteiger partial charge is 0.0587 e. The molecule has 0 bridgehead atoms. The van der Waals surface area contributed by atoms with Crippen molar-refractivity contribution < 1.29 is 4.74 Å². The zero-order valence-electron chi connectivity index (χ0n) is 8.74. The fourth-order valence-corrected chi connectivity index (χ4v) is 1.98. The Labute approximate surface area is 93.6 Å². The lowest BCUT2D eigenvalue weighted by molar-refractivity contribution is 0.198. The van der Waals surface area contributed by atoms with Crippen LogP contribution in [0.4, 0.5) is 0 Å². The number of rotatable bonds is 6. The van der Waals surface area contributed by atoms with Crippen LogP contribution >= 0.6 is 15.9 Å². The average Bonchev–Trinajstić information content (AvgIpc) is 2.52. The molecule has 1 unspecified atom stereocenters. The lowest BCUT2D eigenvalue weighted by Gasteiger charge is -2.06. The van der Waals surface area contributed by atoms with E-state index in [4.69, 9.17) is 4.74 Å². The van der Waals surface area contributed by atoms with Gasteiger partial charge in [-0.2, -0.15) is 5.10 Å². The van der Waals surface area contributed by atoms with E-state index in [9.17, 15) is 0 Å². The van der Waals surface area contributed by atoms with Crippen LogP contribution in [0.15, 0.2) is 12.4 Å². The Morgan fingerprint density at radius 2 is 2.43 bits per heavy atom. The maximum absolute atomic E-state index is 5.05. The van der Waals surface area contributed by atoms with Crippen LogP contribution in [0.3, 0.4) is 0 Å². The molecule has 1 aromatic heterocycles. The van der Waals surface area contributed by atoms with Gasteiger partial charge in [0.1, 0.15) is 0 Å². The molecule has 0 spiro atoms. The van der Waals surface area contributed by atoms with Gasteiger partial charge in [0.25, 0.3) is 0 Å². The van der Waals surface area contributed by atoms with E-state index in [1.54, 1.807) is 7.11 Å². The fraction of sp³-hybridized carbons (Fsp3) is 0.700. The normalized spacial score (nSPS) is 13.1. The predicted molar refractivity (Wildman–Crippen MR) is 60.7 cm³/mol. The molecular weight excluding hydrogens is 244 g/mol. The lowest BCUT2D eigenvalue weighted by atomic mass is 10.1. The number of aryl methyl sites for hydroxylation is 2. The minimum absolute atomic E-state index is 0.476. The summed E-state index contributed by atoms with van der Waals surface area (Å²) in [6.45, 7) is 0.785. The second kappa shape index (κ2) is 6.19. The van der Waals surface area contributed by atoms with Gasteiger partial charge in [0.15, 0.2) is 0 Å². The Morgan fingerprint density at radius 3 is 3.00 bits per heavy atom. The second-order valence-electron chi connectivity index (χ2n) is 3.47. The lowest BCUT2D eigenvalue weighted by Crippen LogP contribution is -2.06. The molecule has 3 nitrogen and oxygen atoms in total. The SMILES string of the molecule is COCC(Br)CCCc1cnn(C)c1. The molecule has 0 aliphatic rings. The van der Waals surface area contributed by atoms with Crippen molar-refractivity contribution in [1.82, 2.24) is 9.78 Å². The standard InChI is InChI=1S/C10H17BrN2O/c1-13-7-9(6-12-13)4-3-5-10(11)8-14-2/h6-7,10H,3-5,8H2,1-2H3. The number of hydrogen-bond acceptors (Lipinski definition) is 2. The van der Waals surface area contributed by atoms with Gasteiger partial charge in [-0.05, 0) is 24.8 Å². The first-order valence-electron chi connectivity index (χ1n) is 4.83. The highest BCUT2D eigenvalue weighted by molar-refractivity contribution is 9.09. The van der Waals surface area contributed by atoms with E-state index in [0.29, 0.717) is 4.83 Å². The minimum Gasteiger partial charge on any atom is -0.384 e. The molecule has 0 N–H and O–H groups in total. The molecular formula is C10H17BrN2O. The first-order chi connectivity index (χ1) is 6.72. The third-order valence-corrected chi connectivity index (χ3v) is 2.81. The Kier molecular flexibility index (Phi) is 5.19. The summed E-state index contributed by atoms with van der Waals surface area (Å²) in [6, 6.07) is 0. The van der Waals surface area contributed by atoms with E-state index in [2.05, 4.69) is 27.2 Å².